The van der Waals surface area contributed by atoms with Crippen LogP contribution in [0.5, 0.6) is 5.75 Å². The predicted octanol–water partition coefficient (Wildman–Crippen LogP) is 4.30. The molecule has 0 fully saturated rings. The van der Waals surface area contributed by atoms with Crippen molar-refractivity contribution >= 4 is 38.9 Å². The number of rotatable bonds is 5. The molecule has 0 radical (unpaired) electrons. The molecule has 1 N–H and O–H groups in total. The zero-order chi connectivity index (χ0) is 20.5. The van der Waals surface area contributed by atoms with E-state index in [0.29, 0.717) is 28.7 Å². The fraction of sp³-hybridized carbons (Fsp3) is 0.350. The Morgan fingerprint density at radius 2 is 1.96 bits per heavy atom. The molecule has 1 amide bonds. The normalized spacial score (nSPS) is 16.1. The third-order valence-corrected chi connectivity index (χ3v) is 6.08. The van der Waals surface area contributed by atoms with Crippen LogP contribution in [0.15, 0.2) is 47.4 Å². The van der Waals surface area contributed by atoms with Gasteiger partial charge in [-0.1, -0.05) is 24.6 Å². The molecule has 2 aromatic carbocycles. The zero-order valence-electron chi connectivity index (χ0n) is 16.0. The highest BCUT2D eigenvalue weighted by molar-refractivity contribution is 7.92. The second-order valence-electron chi connectivity index (χ2n) is 7.37. The summed E-state index contributed by atoms with van der Waals surface area (Å²) in [6.45, 7) is 6.45. The van der Waals surface area contributed by atoms with Gasteiger partial charge in [0.05, 0.1) is 21.7 Å². The number of ether oxygens (including phenoxy) is 1. The number of anilines is 2. The van der Waals surface area contributed by atoms with Gasteiger partial charge in [0.25, 0.3) is 10.0 Å². The minimum Gasteiger partial charge on any atom is -0.490 e. The van der Waals surface area contributed by atoms with Crippen molar-refractivity contribution in [1.29, 1.82) is 0 Å². The van der Waals surface area contributed by atoms with Crippen LogP contribution in [0.4, 0.5) is 11.4 Å². The fourth-order valence-corrected chi connectivity index (χ4v) is 4.35. The van der Waals surface area contributed by atoms with Crippen LogP contribution in [-0.2, 0) is 14.8 Å². The topological polar surface area (TPSA) is 75.7 Å². The molecule has 1 heterocycles. The first kappa shape index (κ1) is 20.5. The quantitative estimate of drug-likeness (QED) is 0.779. The molecule has 28 heavy (non-hydrogen) atoms. The lowest BCUT2D eigenvalue weighted by Gasteiger charge is -2.27. The van der Waals surface area contributed by atoms with Gasteiger partial charge in [-0.05, 0) is 50.6 Å². The standard InChI is InChI=1S/C20H23ClN2O4S/c1-4-10-23-17-9-8-15(12-18(17)27-13-20(2,3)19(23)24)22-28(25,26)16-7-5-6-14(21)11-16/h5-9,11-12,22H,4,10,13H2,1-3H3. The summed E-state index contributed by atoms with van der Waals surface area (Å²) in [7, 11) is -3.80. The Kier molecular flexibility index (Phi) is 5.59. The maximum atomic E-state index is 12.9. The van der Waals surface area contributed by atoms with Crippen molar-refractivity contribution in [2.75, 3.05) is 22.8 Å². The number of nitrogens with zero attached hydrogens (tertiary/aromatic N) is 1. The monoisotopic (exact) mass is 422 g/mol. The molecule has 150 valence electrons. The van der Waals surface area contributed by atoms with Crippen LogP contribution >= 0.6 is 11.6 Å². The highest BCUT2D eigenvalue weighted by atomic mass is 35.5. The summed E-state index contributed by atoms with van der Waals surface area (Å²) in [6, 6.07) is 11.0. The number of halogens is 1. The van der Waals surface area contributed by atoms with E-state index in [4.69, 9.17) is 16.3 Å². The summed E-state index contributed by atoms with van der Waals surface area (Å²) >= 11 is 5.90. The van der Waals surface area contributed by atoms with Crippen molar-refractivity contribution < 1.29 is 17.9 Å². The van der Waals surface area contributed by atoms with E-state index in [9.17, 15) is 13.2 Å². The van der Waals surface area contributed by atoms with Gasteiger partial charge < -0.3 is 9.64 Å². The van der Waals surface area contributed by atoms with Crippen LogP contribution in [0.3, 0.4) is 0 Å². The number of amides is 1. The van der Waals surface area contributed by atoms with Gasteiger partial charge in [0.15, 0.2) is 0 Å². The number of carbonyl (C=O) groups excluding carboxylic acids is 1. The second kappa shape index (κ2) is 7.64. The Labute approximate surface area is 170 Å². The summed E-state index contributed by atoms with van der Waals surface area (Å²) in [6.07, 6.45) is 0.796. The summed E-state index contributed by atoms with van der Waals surface area (Å²) in [5.41, 5.74) is 0.319. The van der Waals surface area contributed by atoms with Gasteiger partial charge in [0.1, 0.15) is 12.4 Å². The first-order chi connectivity index (χ1) is 13.1. The SMILES string of the molecule is CCCN1C(=O)C(C)(C)COc2cc(NS(=O)(=O)c3cccc(Cl)c3)ccc21. The van der Waals surface area contributed by atoms with Gasteiger partial charge in [-0.25, -0.2) is 8.42 Å². The molecule has 0 aliphatic carbocycles. The van der Waals surface area contributed by atoms with Crippen LogP contribution in [0.2, 0.25) is 5.02 Å². The lowest BCUT2D eigenvalue weighted by molar-refractivity contribution is -0.127. The molecule has 0 unspecified atom stereocenters. The van der Waals surface area contributed by atoms with Crippen molar-refractivity contribution in [3.05, 3.63) is 47.5 Å². The lowest BCUT2D eigenvalue weighted by atomic mass is 9.93. The first-order valence-corrected chi connectivity index (χ1v) is 10.9. The Balaban J connectivity index is 1.95. The van der Waals surface area contributed by atoms with Gasteiger partial charge in [0, 0.05) is 17.6 Å². The van der Waals surface area contributed by atoms with E-state index in [2.05, 4.69) is 4.72 Å². The van der Waals surface area contributed by atoms with Gasteiger partial charge in [-0.15, -0.1) is 0 Å². The molecule has 0 aromatic heterocycles. The van der Waals surface area contributed by atoms with Crippen molar-refractivity contribution in [3.8, 4) is 5.75 Å². The van der Waals surface area contributed by atoms with E-state index in [-0.39, 0.29) is 17.4 Å². The minimum absolute atomic E-state index is 0.0136. The highest BCUT2D eigenvalue weighted by Crippen LogP contribution is 2.38. The third-order valence-electron chi connectivity index (χ3n) is 4.47. The zero-order valence-corrected chi connectivity index (χ0v) is 17.6. The summed E-state index contributed by atoms with van der Waals surface area (Å²) in [4.78, 5) is 14.6. The van der Waals surface area contributed by atoms with Gasteiger partial charge in [-0.3, -0.25) is 9.52 Å². The summed E-state index contributed by atoms with van der Waals surface area (Å²) < 4.78 is 33.7. The van der Waals surface area contributed by atoms with Crippen molar-refractivity contribution in [3.63, 3.8) is 0 Å². The molecule has 2 aromatic rings. The van der Waals surface area contributed by atoms with Crippen LogP contribution < -0.4 is 14.4 Å². The maximum Gasteiger partial charge on any atom is 0.261 e. The van der Waals surface area contributed by atoms with Crippen LogP contribution in [0.1, 0.15) is 27.2 Å². The first-order valence-electron chi connectivity index (χ1n) is 9.01. The number of benzene rings is 2. The molecule has 0 atom stereocenters. The van der Waals surface area contributed by atoms with Crippen LogP contribution in [0, 0.1) is 5.41 Å². The van der Waals surface area contributed by atoms with E-state index in [0.717, 1.165) is 6.42 Å². The largest absolute Gasteiger partial charge is 0.490 e. The number of hydrogen-bond acceptors (Lipinski definition) is 4. The molecule has 0 spiro atoms. The lowest BCUT2D eigenvalue weighted by Crippen LogP contribution is -2.42. The van der Waals surface area contributed by atoms with E-state index in [1.165, 1.54) is 12.1 Å². The van der Waals surface area contributed by atoms with E-state index < -0.39 is 15.4 Å². The van der Waals surface area contributed by atoms with Crippen molar-refractivity contribution in [1.82, 2.24) is 0 Å². The number of fused-ring (bicyclic) bond motifs is 1. The molecule has 8 heteroatoms. The minimum atomic E-state index is -3.80. The summed E-state index contributed by atoms with van der Waals surface area (Å²) in [5.74, 6) is 0.457. The average molecular weight is 423 g/mol. The molecule has 6 nitrogen and oxygen atoms in total. The van der Waals surface area contributed by atoms with Crippen LogP contribution in [0.25, 0.3) is 0 Å². The molecule has 0 saturated heterocycles. The molecular weight excluding hydrogens is 400 g/mol. The van der Waals surface area contributed by atoms with Gasteiger partial charge in [-0.2, -0.15) is 0 Å². The Bertz CT molecular complexity index is 1010. The number of hydrogen-bond donors (Lipinski definition) is 1. The maximum absolute atomic E-state index is 12.9. The fourth-order valence-electron chi connectivity index (χ4n) is 3.00. The second-order valence-corrected chi connectivity index (χ2v) is 9.49. The van der Waals surface area contributed by atoms with E-state index >= 15 is 0 Å². The van der Waals surface area contributed by atoms with Crippen molar-refractivity contribution in [2.24, 2.45) is 5.41 Å². The third kappa shape index (κ3) is 4.10. The Hall–Kier alpha value is -2.25. The highest BCUT2D eigenvalue weighted by Gasteiger charge is 2.37. The van der Waals surface area contributed by atoms with E-state index in [1.54, 1.807) is 35.2 Å². The van der Waals surface area contributed by atoms with Crippen LogP contribution in [-0.4, -0.2) is 27.5 Å². The predicted molar refractivity (Wildman–Crippen MR) is 111 cm³/mol. The average Bonchev–Trinajstić information content (AvgIpc) is 2.72. The van der Waals surface area contributed by atoms with E-state index in [1.807, 2.05) is 20.8 Å². The molecule has 0 saturated carbocycles. The van der Waals surface area contributed by atoms with Gasteiger partial charge >= 0.3 is 0 Å². The number of nitrogens with one attached hydrogen (secondary N) is 1. The smallest absolute Gasteiger partial charge is 0.261 e. The Morgan fingerprint density at radius 3 is 2.64 bits per heavy atom. The number of carbonyl (C=O) groups is 1. The number of sulfonamides is 1. The molecular formula is C20H23ClN2O4S. The molecule has 0 bridgehead atoms. The summed E-state index contributed by atoms with van der Waals surface area (Å²) in [5, 5.41) is 0.337. The molecule has 1 aliphatic heterocycles. The molecule has 1 aliphatic rings. The van der Waals surface area contributed by atoms with Crippen molar-refractivity contribution in [2.45, 2.75) is 32.1 Å². The van der Waals surface area contributed by atoms with Gasteiger partial charge in [0.2, 0.25) is 5.91 Å². The molecule has 3 rings (SSSR count). The Morgan fingerprint density at radius 1 is 1.21 bits per heavy atom.